The van der Waals surface area contributed by atoms with Crippen LogP contribution in [0.5, 0.6) is 0 Å². The number of H-pyrrole nitrogens is 2. The summed E-state index contributed by atoms with van der Waals surface area (Å²) >= 11 is 0. The summed E-state index contributed by atoms with van der Waals surface area (Å²) in [5.74, 6) is -0.303. The van der Waals surface area contributed by atoms with Crippen LogP contribution in [0.4, 0.5) is 0 Å². The van der Waals surface area contributed by atoms with E-state index in [9.17, 15) is 9.59 Å². The first-order chi connectivity index (χ1) is 23.0. The molecule has 9 heteroatoms. The van der Waals surface area contributed by atoms with Crippen LogP contribution in [-0.2, 0) is 19.0 Å². The molecular weight excluding hydrogens is 604 g/mol. The van der Waals surface area contributed by atoms with Gasteiger partial charge < -0.3 is 24.2 Å². The second kappa shape index (κ2) is 13.2. The van der Waals surface area contributed by atoms with E-state index in [4.69, 9.17) is 24.2 Å². The lowest BCUT2D eigenvalue weighted by molar-refractivity contribution is -0.140. The number of nitrogens with one attached hydrogen (secondary N) is 2. The van der Waals surface area contributed by atoms with Crippen LogP contribution >= 0.6 is 0 Å². The predicted molar refractivity (Wildman–Crippen MR) is 190 cm³/mol. The smallest absolute Gasteiger partial charge is 0.305 e. The Hall–Kier alpha value is -4.50. The van der Waals surface area contributed by atoms with Gasteiger partial charge in [0.15, 0.2) is 5.76 Å². The fourth-order valence-electron chi connectivity index (χ4n) is 7.63. The van der Waals surface area contributed by atoms with Gasteiger partial charge in [0.2, 0.25) is 5.78 Å². The van der Waals surface area contributed by atoms with Crippen LogP contribution in [0.1, 0.15) is 134 Å². The van der Waals surface area contributed by atoms with Crippen molar-refractivity contribution in [1.29, 1.82) is 0 Å². The number of hydrogen-bond acceptors (Lipinski definition) is 7. The fraction of sp³-hybridized carbons (Fsp3) is 0.436. The third-order valence-corrected chi connectivity index (χ3v) is 10.4. The SMILES string of the molecule is CCOC(C)c1c(C)c2cc3nc(c4c5[nH]c(cc6nc(cc1[nH]2)C(C)=C6CC)c(C)c5C=C(OC)C4=O)[C@@H](CCCC(=O)OC)[C@@H]3C. The minimum absolute atomic E-state index is 0.0211. The molecule has 0 fully saturated rings. The van der Waals surface area contributed by atoms with E-state index in [-0.39, 0.29) is 35.5 Å². The minimum Gasteiger partial charge on any atom is -0.493 e. The Bertz CT molecular complexity index is 2050. The summed E-state index contributed by atoms with van der Waals surface area (Å²) in [5, 5.41) is 0. The molecule has 9 nitrogen and oxygen atoms in total. The van der Waals surface area contributed by atoms with Crippen LogP contribution < -0.4 is 0 Å². The topological polar surface area (TPSA) is 119 Å². The molecule has 1 aliphatic carbocycles. The Labute approximate surface area is 281 Å². The molecule has 48 heavy (non-hydrogen) atoms. The molecule has 0 radical (unpaired) electrons. The van der Waals surface area contributed by atoms with Gasteiger partial charge in [0.1, 0.15) is 0 Å². The quantitative estimate of drug-likeness (QED) is 0.222. The van der Waals surface area contributed by atoms with Gasteiger partial charge in [-0.15, -0.1) is 0 Å². The number of carbonyl (C=O) groups is 2. The predicted octanol–water partition coefficient (Wildman–Crippen LogP) is 8.78. The second-order valence-corrected chi connectivity index (χ2v) is 13.0. The van der Waals surface area contributed by atoms with Crippen molar-refractivity contribution in [3.05, 3.63) is 74.6 Å². The van der Waals surface area contributed by atoms with Gasteiger partial charge in [0.05, 0.1) is 48.5 Å². The summed E-state index contributed by atoms with van der Waals surface area (Å²) in [6.07, 6.45) is 4.08. The van der Waals surface area contributed by atoms with Crippen LogP contribution in [0.2, 0.25) is 0 Å². The van der Waals surface area contributed by atoms with E-state index >= 15 is 0 Å². The summed E-state index contributed by atoms with van der Waals surface area (Å²) in [5.41, 5.74) is 13.8. The van der Waals surface area contributed by atoms with Crippen LogP contribution in [0.3, 0.4) is 0 Å². The Morgan fingerprint density at radius 1 is 0.979 bits per heavy atom. The first-order valence-electron chi connectivity index (χ1n) is 17.0. The van der Waals surface area contributed by atoms with Gasteiger partial charge >= 0.3 is 5.97 Å². The molecule has 2 aliphatic heterocycles. The molecule has 0 spiro atoms. The number of hydrogen-bond donors (Lipinski definition) is 2. The molecule has 3 aliphatic rings. The van der Waals surface area contributed by atoms with Gasteiger partial charge in [-0.25, -0.2) is 4.98 Å². The monoisotopic (exact) mass is 650 g/mol. The number of fused-ring (bicyclic) bond motifs is 8. The molecule has 1 unspecified atom stereocenters. The number of Topliss-reactive ketones (excluding diaryl/α,β-unsaturated/α-hetero) is 1. The van der Waals surface area contributed by atoms with E-state index in [2.05, 4.69) is 69.7 Å². The Kier molecular flexibility index (Phi) is 9.18. The number of aryl methyl sites for hydroxylation is 2. The summed E-state index contributed by atoms with van der Waals surface area (Å²) in [6.45, 7) is 15.3. The maximum Gasteiger partial charge on any atom is 0.305 e. The number of esters is 1. The van der Waals surface area contributed by atoms with Gasteiger partial charge in [-0.3, -0.25) is 14.6 Å². The van der Waals surface area contributed by atoms with E-state index < -0.39 is 0 Å². The summed E-state index contributed by atoms with van der Waals surface area (Å²) < 4.78 is 16.7. The molecule has 0 saturated heterocycles. The van der Waals surface area contributed by atoms with E-state index in [1.54, 1.807) is 0 Å². The lowest BCUT2D eigenvalue weighted by atomic mass is 9.83. The summed E-state index contributed by atoms with van der Waals surface area (Å²) in [7, 11) is 2.94. The molecule has 3 aromatic heterocycles. The number of ketones is 1. The van der Waals surface area contributed by atoms with Crippen molar-refractivity contribution in [1.82, 2.24) is 19.9 Å². The van der Waals surface area contributed by atoms with Gasteiger partial charge in [-0.1, -0.05) is 13.8 Å². The standard InChI is InChI=1S/C39H46N4O5/c1-10-24-19(3)27-18-32-35(23(7)48-11-2)22(6)30(41-32)16-28-20(4)25(13-12-14-34(44)47-9)37(42-28)36-38-26(15-33(46-8)39(36)45)21(5)29(43-38)17-31(24)40-27/h15-18,20,23,25,41,43H,10-14H2,1-9H3/t20-,23?,25-/m0/s1. The first kappa shape index (κ1) is 33.4. The molecule has 5 heterocycles. The second-order valence-electron chi connectivity index (χ2n) is 13.0. The number of aromatic amines is 2. The number of nitrogens with zero attached hydrogens (tertiary/aromatic N) is 2. The van der Waals surface area contributed by atoms with Crippen molar-refractivity contribution in [2.75, 3.05) is 20.8 Å². The number of allylic oxidation sites excluding steroid dienone is 3. The number of aromatic nitrogens is 4. The zero-order valence-corrected chi connectivity index (χ0v) is 29.5. The van der Waals surface area contributed by atoms with Crippen LogP contribution in [0, 0.1) is 13.8 Å². The van der Waals surface area contributed by atoms with Crippen molar-refractivity contribution in [2.24, 2.45) is 0 Å². The first-order valence-corrected chi connectivity index (χ1v) is 17.0. The molecule has 3 aromatic rings. The molecule has 0 aromatic carbocycles. The van der Waals surface area contributed by atoms with Crippen LogP contribution in [0.25, 0.3) is 39.3 Å². The number of rotatable bonds is 9. The largest absolute Gasteiger partial charge is 0.493 e. The van der Waals surface area contributed by atoms with Crippen LogP contribution in [-0.4, -0.2) is 52.5 Å². The van der Waals surface area contributed by atoms with E-state index in [0.717, 1.165) is 73.4 Å². The zero-order valence-electron chi connectivity index (χ0n) is 29.5. The average molecular weight is 651 g/mol. The normalized spacial score (nSPS) is 17.9. The highest BCUT2D eigenvalue weighted by Crippen LogP contribution is 2.45. The maximum absolute atomic E-state index is 14.2. The van der Waals surface area contributed by atoms with Crippen molar-refractivity contribution in [3.8, 4) is 0 Å². The molecule has 0 amide bonds. The molecular formula is C39H46N4O5. The van der Waals surface area contributed by atoms with Gasteiger partial charge in [0, 0.05) is 58.2 Å². The van der Waals surface area contributed by atoms with E-state index in [1.165, 1.54) is 19.8 Å². The summed E-state index contributed by atoms with van der Waals surface area (Å²) in [4.78, 5) is 44.0. The number of ether oxygens (including phenoxy) is 3. The van der Waals surface area contributed by atoms with E-state index in [0.29, 0.717) is 37.1 Å². The third kappa shape index (κ3) is 5.57. The third-order valence-electron chi connectivity index (χ3n) is 10.4. The molecule has 0 saturated carbocycles. The fourth-order valence-corrected chi connectivity index (χ4v) is 7.63. The highest BCUT2D eigenvalue weighted by atomic mass is 16.5. The highest BCUT2D eigenvalue weighted by molar-refractivity contribution is 6.19. The highest BCUT2D eigenvalue weighted by Gasteiger charge is 2.36. The molecule has 252 valence electrons. The Morgan fingerprint density at radius 2 is 1.71 bits per heavy atom. The lowest BCUT2D eigenvalue weighted by Crippen LogP contribution is -2.15. The number of methoxy groups -OCH3 is 2. The molecule has 6 rings (SSSR count). The van der Waals surface area contributed by atoms with Crippen molar-refractivity contribution in [2.45, 2.75) is 92.1 Å². The maximum atomic E-state index is 14.2. The van der Waals surface area contributed by atoms with Crippen LogP contribution in [0.15, 0.2) is 24.0 Å². The van der Waals surface area contributed by atoms with Gasteiger partial charge in [-0.05, 0) is 100 Å². The van der Waals surface area contributed by atoms with Gasteiger partial charge in [0.25, 0.3) is 0 Å². The van der Waals surface area contributed by atoms with E-state index in [1.807, 2.05) is 13.0 Å². The molecule has 8 bridgehead atoms. The van der Waals surface area contributed by atoms with Crippen molar-refractivity contribution < 1.29 is 23.8 Å². The van der Waals surface area contributed by atoms with Gasteiger partial charge in [-0.2, -0.15) is 0 Å². The lowest BCUT2D eigenvalue weighted by Gasteiger charge is -2.19. The minimum atomic E-state index is -0.249. The Balaban J connectivity index is 1.75. The zero-order chi connectivity index (χ0) is 34.4. The van der Waals surface area contributed by atoms with Crippen molar-refractivity contribution in [3.63, 3.8) is 0 Å². The van der Waals surface area contributed by atoms with Crippen molar-refractivity contribution >= 4 is 51.0 Å². The molecule has 2 N–H and O–H groups in total. The number of carbonyl (C=O) groups excluding carboxylic acids is 2. The summed E-state index contributed by atoms with van der Waals surface area (Å²) in [6, 6.07) is 6.35. The molecule has 3 atom stereocenters. The Morgan fingerprint density at radius 3 is 2.40 bits per heavy atom. The average Bonchev–Trinajstić information content (AvgIpc) is 3.74.